The molecular weight excluding hydrogens is 243 g/mol. The Labute approximate surface area is 113 Å². The van der Waals surface area contributed by atoms with Crippen LogP contribution in [0.4, 0.5) is 10.1 Å². The SMILES string of the molecule is O=C(CN1CCN(c2ccc(F)cc2)CC1)C1CC1. The van der Waals surface area contributed by atoms with Gasteiger partial charge in [-0.05, 0) is 37.1 Å². The molecule has 0 bridgehead atoms. The number of anilines is 1. The molecule has 1 saturated heterocycles. The lowest BCUT2D eigenvalue weighted by molar-refractivity contribution is -0.121. The van der Waals surface area contributed by atoms with Crippen LogP contribution in [0.2, 0.25) is 0 Å². The molecular formula is C15H19FN2O. The van der Waals surface area contributed by atoms with Gasteiger partial charge in [-0.25, -0.2) is 4.39 Å². The highest BCUT2D eigenvalue weighted by Crippen LogP contribution is 2.30. The molecule has 3 nitrogen and oxygen atoms in total. The van der Waals surface area contributed by atoms with E-state index in [1.807, 2.05) is 12.1 Å². The minimum absolute atomic E-state index is 0.197. The third kappa shape index (κ3) is 3.13. The first-order valence-corrected chi connectivity index (χ1v) is 6.98. The second-order valence-electron chi connectivity index (χ2n) is 5.48. The molecule has 1 heterocycles. The van der Waals surface area contributed by atoms with Crippen LogP contribution in [0.5, 0.6) is 0 Å². The Kier molecular flexibility index (Phi) is 3.51. The van der Waals surface area contributed by atoms with E-state index >= 15 is 0 Å². The molecule has 4 heteroatoms. The molecule has 3 rings (SSSR count). The van der Waals surface area contributed by atoms with Gasteiger partial charge in [-0.15, -0.1) is 0 Å². The highest BCUT2D eigenvalue weighted by Gasteiger charge is 2.31. The summed E-state index contributed by atoms with van der Waals surface area (Å²) >= 11 is 0. The van der Waals surface area contributed by atoms with Crippen LogP contribution in [0.1, 0.15) is 12.8 Å². The van der Waals surface area contributed by atoms with Gasteiger partial charge in [0.05, 0.1) is 6.54 Å². The summed E-state index contributed by atoms with van der Waals surface area (Å²) in [4.78, 5) is 16.2. The maximum atomic E-state index is 12.9. The van der Waals surface area contributed by atoms with Crippen LogP contribution in [-0.2, 0) is 4.79 Å². The molecule has 0 unspecified atom stereocenters. The Hall–Kier alpha value is -1.42. The van der Waals surface area contributed by atoms with Gasteiger partial charge in [0.1, 0.15) is 11.6 Å². The van der Waals surface area contributed by atoms with Crippen molar-refractivity contribution in [3.05, 3.63) is 30.1 Å². The number of piperazine rings is 1. The lowest BCUT2D eigenvalue weighted by atomic mass is 10.2. The number of hydrogen-bond acceptors (Lipinski definition) is 3. The smallest absolute Gasteiger partial charge is 0.149 e. The van der Waals surface area contributed by atoms with Gasteiger partial charge in [0.2, 0.25) is 0 Å². The monoisotopic (exact) mass is 262 g/mol. The minimum Gasteiger partial charge on any atom is -0.369 e. The Bertz CT molecular complexity index is 448. The van der Waals surface area contributed by atoms with Crippen LogP contribution >= 0.6 is 0 Å². The van der Waals surface area contributed by atoms with Crippen molar-refractivity contribution >= 4 is 11.5 Å². The van der Waals surface area contributed by atoms with E-state index in [9.17, 15) is 9.18 Å². The van der Waals surface area contributed by atoms with Crippen molar-refractivity contribution in [3.63, 3.8) is 0 Å². The second-order valence-corrected chi connectivity index (χ2v) is 5.48. The number of carbonyl (C=O) groups is 1. The molecule has 0 amide bonds. The van der Waals surface area contributed by atoms with Crippen molar-refractivity contribution in [2.24, 2.45) is 5.92 Å². The third-order valence-corrected chi connectivity index (χ3v) is 3.98. The van der Waals surface area contributed by atoms with Gasteiger partial charge < -0.3 is 4.90 Å². The minimum atomic E-state index is -0.197. The zero-order chi connectivity index (χ0) is 13.2. The number of halogens is 1. The summed E-state index contributed by atoms with van der Waals surface area (Å²) in [5.41, 5.74) is 1.06. The summed E-state index contributed by atoms with van der Waals surface area (Å²) in [5, 5.41) is 0. The van der Waals surface area contributed by atoms with E-state index in [0.29, 0.717) is 18.2 Å². The standard InChI is InChI=1S/C15H19FN2O/c16-13-3-5-14(6-4-13)18-9-7-17(8-10-18)11-15(19)12-1-2-12/h3-6,12H,1-2,7-11H2. The summed E-state index contributed by atoms with van der Waals surface area (Å²) in [6, 6.07) is 6.64. The van der Waals surface area contributed by atoms with Crippen molar-refractivity contribution in [1.29, 1.82) is 0 Å². The quantitative estimate of drug-likeness (QED) is 0.828. The summed E-state index contributed by atoms with van der Waals surface area (Å²) in [6.45, 7) is 4.25. The maximum Gasteiger partial charge on any atom is 0.149 e. The van der Waals surface area contributed by atoms with E-state index in [-0.39, 0.29) is 5.82 Å². The van der Waals surface area contributed by atoms with Gasteiger partial charge in [0.15, 0.2) is 0 Å². The van der Waals surface area contributed by atoms with E-state index in [4.69, 9.17) is 0 Å². The van der Waals surface area contributed by atoms with Gasteiger partial charge in [-0.3, -0.25) is 9.69 Å². The van der Waals surface area contributed by atoms with Crippen LogP contribution < -0.4 is 4.90 Å². The van der Waals surface area contributed by atoms with Crippen molar-refractivity contribution in [2.45, 2.75) is 12.8 Å². The molecule has 1 aromatic rings. The molecule has 0 spiro atoms. The number of carbonyl (C=O) groups excluding carboxylic acids is 1. The average Bonchev–Trinajstić information content (AvgIpc) is 3.25. The lowest BCUT2D eigenvalue weighted by Crippen LogP contribution is -2.48. The van der Waals surface area contributed by atoms with Gasteiger partial charge in [-0.1, -0.05) is 0 Å². The van der Waals surface area contributed by atoms with E-state index < -0.39 is 0 Å². The summed E-state index contributed by atoms with van der Waals surface area (Å²) < 4.78 is 12.9. The van der Waals surface area contributed by atoms with Crippen molar-refractivity contribution < 1.29 is 9.18 Å². The fourth-order valence-electron chi connectivity index (χ4n) is 2.57. The fourth-order valence-corrected chi connectivity index (χ4v) is 2.57. The zero-order valence-corrected chi connectivity index (χ0v) is 11.0. The average molecular weight is 262 g/mol. The Morgan fingerprint density at radius 2 is 1.74 bits per heavy atom. The van der Waals surface area contributed by atoms with Crippen molar-refractivity contribution in [2.75, 3.05) is 37.6 Å². The molecule has 0 radical (unpaired) electrons. The molecule has 102 valence electrons. The highest BCUT2D eigenvalue weighted by atomic mass is 19.1. The topological polar surface area (TPSA) is 23.6 Å². The molecule has 0 atom stereocenters. The van der Waals surface area contributed by atoms with Crippen LogP contribution in [0.25, 0.3) is 0 Å². The van der Waals surface area contributed by atoms with Gasteiger partial charge in [-0.2, -0.15) is 0 Å². The summed E-state index contributed by atoms with van der Waals surface area (Å²) in [6.07, 6.45) is 2.18. The van der Waals surface area contributed by atoms with E-state index in [0.717, 1.165) is 44.7 Å². The molecule has 1 aromatic carbocycles. The normalized spacial score (nSPS) is 20.6. The van der Waals surface area contributed by atoms with Crippen LogP contribution in [-0.4, -0.2) is 43.4 Å². The summed E-state index contributed by atoms with van der Waals surface area (Å²) in [7, 11) is 0. The molecule has 1 aliphatic carbocycles. The first-order chi connectivity index (χ1) is 9.22. The molecule has 1 aliphatic heterocycles. The Morgan fingerprint density at radius 3 is 2.32 bits per heavy atom. The lowest BCUT2D eigenvalue weighted by Gasteiger charge is -2.35. The van der Waals surface area contributed by atoms with Gasteiger partial charge >= 0.3 is 0 Å². The fraction of sp³-hybridized carbons (Fsp3) is 0.533. The number of hydrogen-bond donors (Lipinski definition) is 0. The van der Waals surface area contributed by atoms with E-state index in [1.165, 1.54) is 12.1 Å². The molecule has 2 aliphatic rings. The number of ketones is 1. The van der Waals surface area contributed by atoms with Crippen LogP contribution in [0.15, 0.2) is 24.3 Å². The number of benzene rings is 1. The number of rotatable bonds is 4. The first-order valence-electron chi connectivity index (χ1n) is 6.98. The number of Topliss-reactive ketones (excluding diaryl/α,β-unsaturated/α-hetero) is 1. The molecule has 1 saturated carbocycles. The van der Waals surface area contributed by atoms with E-state index in [2.05, 4.69) is 9.80 Å². The largest absolute Gasteiger partial charge is 0.369 e. The van der Waals surface area contributed by atoms with Gasteiger partial charge in [0, 0.05) is 37.8 Å². The Morgan fingerprint density at radius 1 is 1.11 bits per heavy atom. The molecule has 19 heavy (non-hydrogen) atoms. The predicted octanol–water partition coefficient (Wildman–Crippen LogP) is 1.93. The van der Waals surface area contributed by atoms with Crippen molar-refractivity contribution in [3.8, 4) is 0 Å². The Balaban J connectivity index is 1.51. The zero-order valence-electron chi connectivity index (χ0n) is 11.0. The van der Waals surface area contributed by atoms with E-state index in [1.54, 1.807) is 0 Å². The highest BCUT2D eigenvalue weighted by molar-refractivity contribution is 5.85. The van der Waals surface area contributed by atoms with Crippen LogP contribution in [0.3, 0.4) is 0 Å². The molecule has 0 N–H and O–H groups in total. The molecule has 0 aromatic heterocycles. The van der Waals surface area contributed by atoms with Gasteiger partial charge in [0.25, 0.3) is 0 Å². The third-order valence-electron chi connectivity index (χ3n) is 3.98. The predicted molar refractivity (Wildman–Crippen MR) is 72.8 cm³/mol. The summed E-state index contributed by atoms with van der Waals surface area (Å²) in [5.74, 6) is 0.572. The van der Waals surface area contributed by atoms with Crippen LogP contribution in [0, 0.1) is 11.7 Å². The molecule has 2 fully saturated rings. The van der Waals surface area contributed by atoms with Crippen molar-refractivity contribution in [1.82, 2.24) is 4.90 Å². The first kappa shape index (κ1) is 12.6. The maximum absolute atomic E-state index is 12.9. The second kappa shape index (κ2) is 5.29. The number of nitrogens with zero attached hydrogens (tertiary/aromatic N) is 2.